The van der Waals surface area contributed by atoms with E-state index in [4.69, 9.17) is 28.9 Å². The SMILES string of the molecule is CSc1nc(Cl)c(-c2ccc(Cl)cc2)c(C(N)=O)n1. The van der Waals surface area contributed by atoms with E-state index in [0.29, 0.717) is 21.3 Å². The van der Waals surface area contributed by atoms with Crippen LogP contribution in [0.5, 0.6) is 0 Å². The first-order chi connectivity index (χ1) is 9.02. The predicted molar refractivity (Wildman–Crippen MR) is 77.8 cm³/mol. The highest BCUT2D eigenvalue weighted by atomic mass is 35.5. The second-order valence-electron chi connectivity index (χ2n) is 3.60. The molecule has 0 atom stereocenters. The molecule has 0 aliphatic carbocycles. The van der Waals surface area contributed by atoms with Crippen molar-refractivity contribution in [2.24, 2.45) is 5.73 Å². The van der Waals surface area contributed by atoms with E-state index in [1.165, 1.54) is 11.8 Å². The van der Waals surface area contributed by atoms with Gasteiger partial charge >= 0.3 is 0 Å². The van der Waals surface area contributed by atoms with E-state index in [0.717, 1.165) is 0 Å². The van der Waals surface area contributed by atoms with Crippen molar-refractivity contribution in [3.63, 3.8) is 0 Å². The van der Waals surface area contributed by atoms with Gasteiger partial charge in [-0.15, -0.1) is 0 Å². The molecule has 7 heteroatoms. The van der Waals surface area contributed by atoms with Gasteiger partial charge in [0.2, 0.25) is 0 Å². The minimum Gasteiger partial charge on any atom is -0.364 e. The summed E-state index contributed by atoms with van der Waals surface area (Å²) < 4.78 is 0. The zero-order valence-electron chi connectivity index (χ0n) is 9.85. The van der Waals surface area contributed by atoms with E-state index >= 15 is 0 Å². The second kappa shape index (κ2) is 5.77. The smallest absolute Gasteiger partial charge is 0.268 e. The Morgan fingerprint density at radius 2 is 1.84 bits per heavy atom. The zero-order valence-corrected chi connectivity index (χ0v) is 12.2. The van der Waals surface area contributed by atoms with Gasteiger partial charge in [-0.3, -0.25) is 4.79 Å². The van der Waals surface area contributed by atoms with Crippen molar-refractivity contribution in [3.05, 3.63) is 40.1 Å². The number of carbonyl (C=O) groups is 1. The molecule has 0 aliphatic rings. The van der Waals surface area contributed by atoms with E-state index < -0.39 is 5.91 Å². The maximum absolute atomic E-state index is 11.5. The minimum atomic E-state index is -0.649. The summed E-state index contributed by atoms with van der Waals surface area (Å²) in [5.41, 5.74) is 6.57. The molecule has 0 spiro atoms. The molecule has 0 saturated heterocycles. The van der Waals surface area contributed by atoms with Gasteiger partial charge in [-0.05, 0) is 24.0 Å². The Kier molecular flexibility index (Phi) is 4.29. The van der Waals surface area contributed by atoms with Gasteiger partial charge in [0, 0.05) is 5.02 Å². The quantitative estimate of drug-likeness (QED) is 0.536. The van der Waals surface area contributed by atoms with Crippen molar-refractivity contribution < 1.29 is 4.79 Å². The molecule has 1 aromatic heterocycles. The summed E-state index contributed by atoms with van der Waals surface area (Å²) in [7, 11) is 0. The van der Waals surface area contributed by atoms with Gasteiger partial charge in [-0.2, -0.15) is 0 Å². The highest BCUT2D eigenvalue weighted by Crippen LogP contribution is 2.31. The van der Waals surface area contributed by atoms with Crippen LogP contribution in [0, 0.1) is 0 Å². The third-order valence-corrected chi connectivity index (χ3v) is 3.47. The average Bonchev–Trinajstić information content (AvgIpc) is 2.39. The van der Waals surface area contributed by atoms with Crippen molar-refractivity contribution in [1.82, 2.24) is 9.97 Å². The van der Waals surface area contributed by atoms with E-state index in [9.17, 15) is 4.79 Å². The number of benzene rings is 1. The molecule has 2 N–H and O–H groups in total. The van der Waals surface area contributed by atoms with Gasteiger partial charge in [-0.1, -0.05) is 47.1 Å². The van der Waals surface area contributed by atoms with Crippen LogP contribution in [-0.2, 0) is 0 Å². The van der Waals surface area contributed by atoms with Crippen LogP contribution in [0.15, 0.2) is 29.4 Å². The molecule has 2 aromatic rings. The van der Waals surface area contributed by atoms with Crippen LogP contribution in [0.2, 0.25) is 10.2 Å². The van der Waals surface area contributed by atoms with Crippen LogP contribution in [0.25, 0.3) is 11.1 Å². The van der Waals surface area contributed by atoms with Crippen LogP contribution < -0.4 is 5.73 Å². The summed E-state index contributed by atoms with van der Waals surface area (Å²) in [5.74, 6) is -0.649. The third kappa shape index (κ3) is 3.00. The Bertz CT molecular complexity index is 632. The summed E-state index contributed by atoms with van der Waals surface area (Å²) in [4.78, 5) is 19.7. The van der Waals surface area contributed by atoms with Crippen molar-refractivity contribution in [1.29, 1.82) is 0 Å². The van der Waals surface area contributed by atoms with Gasteiger partial charge in [0.1, 0.15) is 10.8 Å². The molecule has 1 heterocycles. The number of halogens is 2. The third-order valence-electron chi connectivity index (χ3n) is 2.39. The Morgan fingerprint density at radius 3 is 2.37 bits per heavy atom. The molecule has 0 fully saturated rings. The fourth-order valence-electron chi connectivity index (χ4n) is 1.56. The number of rotatable bonds is 3. The van der Waals surface area contributed by atoms with Crippen molar-refractivity contribution in [2.45, 2.75) is 5.16 Å². The first kappa shape index (κ1) is 14.1. The van der Waals surface area contributed by atoms with Crippen molar-refractivity contribution in [3.8, 4) is 11.1 Å². The lowest BCUT2D eigenvalue weighted by Gasteiger charge is -2.09. The van der Waals surface area contributed by atoms with Gasteiger partial charge in [0.15, 0.2) is 5.16 Å². The molecule has 1 aromatic carbocycles. The van der Waals surface area contributed by atoms with Crippen LogP contribution in [0.4, 0.5) is 0 Å². The summed E-state index contributed by atoms with van der Waals surface area (Å²) in [6, 6.07) is 6.86. The van der Waals surface area contributed by atoms with Crippen LogP contribution in [0.3, 0.4) is 0 Å². The summed E-state index contributed by atoms with van der Waals surface area (Å²) in [5, 5.41) is 1.18. The van der Waals surface area contributed by atoms with Crippen molar-refractivity contribution >= 4 is 40.9 Å². The average molecular weight is 314 g/mol. The molecule has 0 bridgehead atoms. The van der Waals surface area contributed by atoms with E-state index in [2.05, 4.69) is 9.97 Å². The van der Waals surface area contributed by atoms with Crippen LogP contribution in [-0.4, -0.2) is 22.1 Å². The fraction of sp³-hybridized carbons (Fsp3) is 0.0833. The molecular formula is C12H9Cl2N3OS. The van der Waals surface area contributed by atoms with Gasteiger partial charge < -0.3 is 5.73 Å². The number of thioether (sulfide) groups is 1. The van der Waals surface area contributed by atoms with Crippen LogP contribution in [0.1, 0.15) is 10.5 Å². The predicted octanol–water partition coefficient (Wildman–Crippen LogP) is 3.27. The number of nitrogens with two attached hydrogens (primary N) is 1. The monoisotopic (exact) mass is 313 g/mol. The lowest BCUT2D eigenvalue weighted by atomic mass is 10.1. The number of aromatic nitrogens is 2. The Balaban J connectivity index is 2.67. The molecule has 0 saturated carbocycles. The first-order valence-electron chi connectivity index (χ1n) is 5.20. The standard InChI is InChI=1S/C12H9Cl2N3OS/c1-19-12-16-9(11(15)18)8(10(14)17-12)6-2-4-7(13)5-3-6/h2-5H,1H3,(H2,15,18). The van der Waals surface area contributed by atoms with E-state index in [1.807, 2.05) is 0 Å². The molecule has 1 amide bonds. The summed E-state index contributed by atoms with van der Waals surface area (Å²) in [6.07, 6.45) is 1.79. The van der Waals surface area contributed by atoms with Crippen molar-refractivity contribution in [2.75, 3.05) is 6.26 Å². The molecule has 0 aliphatic heterocycles. The highest BCUT2D eigenvalue weighted by Gasteiger charge is 2.18. The molecule has 0 radical (unpaired) electrons. The van der Waals surface area contributed by atoms with Crippen LogP contribution >= 0.6 is 35.0 Å². The van der Waals surface area contributed by atoms with Gasteiger partial charge in [0.05, 0.1) is 5.56 Å². The summed E-state index contributed by atoms with van der Waals surface area (Å²) >= 11 is 13.2. The number of carbonyl (C=O) groups excluding carboxylic acids is 1. The molecule has 0 unspecified atom stereocenters. The lowest BCUT2D eigenvalue weighted by molar-refractivity contribution is 0.0995. The minimum absolute atomic E-state index is 0.103. The fourth-order valence-corrected chi connectivity index (χ4v) is 2.38. The number of hydrogen-bond acceptors (Lipinski definition) is 4. The number of nitrogens with zero attached hydrogens (tertiary/aromatic N) is 2. The molecule has 2 rings (SSSR count). The van der Waals surface area contributed by atoms with Gasteiger partial charge in [-0.25, -0.2) is 9.97 Å². The maximum Gasteiger partial charge on any atom is 0.268 e. The lowest BCUT2D eigenvalue weighted by Crippen LogP contribution is -2.16. The molecule has 4 nitrogen and oxygen atoms in total. The number of amides is 1. The normalized spacial score (nSPS) is 10.5. The molecule has 19 heavy (non-hydrogen) atoms. The summed E-state index contributed by atoms with van der Waals surface area (Å²) in [6.45, 7) is 0. The first-order valence-corrected chi connectivity index (χ1v) is 7.18. The number of primary amides is 1. The second-order valence-corrected chi connectivity index (χ2v) is 5.16. The van der Waals surface area contributed by atoms with Gasteiger partial charge in [0.25, 0.3) is 5.91 Å². The Hall–Kier alpha value is -1.30. The highest BCUT2D eigenvalue weighted by molar-refractivity contribution is 7.98. The topological polar surface area (TPSA) is 68.9 Å². The Labute approximate surface area is 124 Å². The van der Waals surface area contributed by atoms with E-state index in [1.54, 1.807) is 30.5 Å². The number of hydrogen-bond donors (Lipinski definition) is 1. The Morgan fingerprint density at radius 1 is 1.21 bits per heavy atom. The maximum atomic E-state index is 11.5. The zero-order chi connectivity index (χ0) is 14.0. The van der Waals surface area contributed by atoms with E-state index in [-0.39, 0.29) is 10.8 Å². The largest absolute Gasteiger partial charge is 0.364 e. The molecular weight excluding hydrogens is 305 g/mol. The molecule has 98 valence electrons.